The van der Waals surface area contributed by atoms with E-state index in [4.69, 9.17) is 4.74 Å². The van der Waals surface area contributed by atoms with E-state index < -0.39 is 0 Å². The van der Waals surface area contributed by atoms with Crippen LogP contribution in [0.2, 0.25) is 0 Å². The standard InChI is InChI=1S/C27H52N4O/c1-26(2,30-16-8-24(9-17-30)28-14-6-5-7-15-28)12-13-27(3,4)31-18-10-25(11-19-31)29-20-22-32-23-21-29/h24-25H,5-23H2,1-4H3. The van der Waals surface area contributed by atoms with E-state index in [1.54, 1.807) is 0 Å². The minimum atomic E-state index is 0.305. The Morgan fingerprint density at radius 3 is 1.41 bits per heavy atom. The molecule has 5 heteroatoms. The molecule has 0 aromatic carbocycles. The highest BCUT2D eigenvalue weighted by molar-refractivity contribution is 4.94. The van der Waals surface area contributed by atoms with E-state index >= 15 is 0 Å². The Morgan fingerprint density at radius 2 is 0.969 bits per heavy atom. The largest absolute Gasteiger partial charge is 0.379 e. The molecular formula is C27H52N4O. The summed E-state index contributed by atoms with van der Waals surface area (Å²) in [6.07, 6.45) is 12.3. The SMILES string of the molecule is CC(C)(CCC(C)(C)N1CCC(N2CCOCC2)CC1)N1CCC(N2CCCCC2)CC1. The molecule has 4 fully saturated rings. The zero-order chi connectivity index (χ0) is 22.6. The van der Waals surface area contributed by atoms with Gasteiger partial charge in [0.1, 0.15) is 0 Å². The first kappa shape index (κ1) is 24.9. The fourth-order valence-electron chi connectivity index (χ4n) is 6.83. The molecule has 0 amide bonds. The summed E-state index contributed by atoms with van der Waals surface area (Å²) in [4.78, 5) is 11.1. The first-order valence-corrected chi connectivity index (χ1v) is 13.9. The van der Waals surface area contributed by atoms with Gasteiger partial charge in [-0.2, -0.15) is 0 Å². The van der Waals surface area contributed by atoms with Crippen LogP contribution in [0.3, 0.4) is 0 Å². The maximum absolute atomic E-state index is 5.56. The molecule has 0 radical (unpaired) electrons. The smallest absolute Gasteiger partial charge is 0.0594 e. The molecule has 0 N–H and O–H groups in total. The van der Waals surface area contributed by atoms with Gasteiger partial charge in [0.05, 0.1) is 13.2 Å². The van der Waals surface area contributed by atoms with Gasteiger partial charge in [0.2, 0.25) is 0 Å². The van der Waals surface area contributed by atoms with Crippen LogP contribution in [0, 0.1) is 0 Å². The van der Waals surface area contributed by atoms with E-state index in [9.17, 15) is 0 Å². The van der Waals surface area contributed by atoms with Crippen molar-refractivity contribution in [3.05, 3.63) is 0 Å². The number of rotatable bonds is 7. The van der Waals surface area contributed by atoms with Crippen LogP contribution in [0.5, 0.6) is 0 Å². The molecule has 0 aromatic heterocycles. The number of hydrogen-bond donors (Lipinski definition) is 0. The topological polar surface area (TPSA) is 22.2 Å². The molecule has 0 spiro atoms. The summed E-state index contributed by atoms with van der Waals surface area (Å²) in [7, 11) is 0. The maximum Gasteiger partial charge on any atom is 0.0594 e. The predicted octanol–water partition coefficient (Wildman–Crippen LogP) is 4.07. The van der Waals surface area contributed by atoms with Crippen LogP contribution in [0.15, 0.2) is 0 Å². The van der Waals surface area contributed by atoms with Crippen molar-refractivity contribution >= 4 is 0 Å². The van der Waals surface area contributed by atoms with Gasteiger partial charge in [-0.25, -0.2) is 0 Å². The molecule has 0 saturated carbocycles. The van der Waals surface area contributed by atoms with Crippen LogP contribution in [0.4, 0.5) is 0 Å². The third-order valence-electron chi connectivity index (χ3n) is 9.46. The highest BCUT2D eigenvalue weighted by atomic mass is 16.5. The van der Waals surface area contributed by atoms with Crippen LogP contribution < -0.4 is 0 Å². The molecule has 4 heterocycles. The summed E-state index contributed by atoms with van der Waals surface area (Å²) in [5, 5.41) is 0. The third kappa shape index (κ3) is 6.27. The molecule has 4 aliphatic heterocycles. The van der Waals surface area contributed by atoms with E-state index in [2.05, 4.69) is 47.3 Å². The monoisotopic (exact) mass is 448 g/mol. The van der Waals surface area contributed by atoms with Crippen molar-refractivity contribution in [1.29, 1.82) is 0 Å². The summed E-state index contributed by atoms with van der Waals surface area (Å²) >= 11 is 0. The highest BCUT2D eigenvalue weighted by Gasteiger charge is 2.37. The first-order valence-electron chi connectivity index (χ1n) is 13.9. The average molecular weight is 449 g/mol. The number of ether oxygens (including phenoxy) is 1. The fraction of sp³-hybridized carbons (Fsp3) is 1.00. The van der Waals surface area contributed by atoms with Gasteiger partial charge in [0, 0.05) is 62.4 Å². The van der Waals surface area contributed by atoms with Crippen molar-refractivity contribution in [2.24, 2.45) is 0 Å². The van der Waals surface area contributed by atoms with Crippen LogP contribution in [0.25, 0.3) is 0 Å². The minimum absolute atomic E-state index is 0.305. The molecule has 0 atom stereocenters. The number of nitrogens with zero attached hydrogens (tertiary/aromatic N) is 4. The zero-order valence-corrected chi connectivity index (χ0v) is 21.8. The summed E-state index contributed by atoms with van der Waals surface area (Å²) in [6, 6.07) is 1.63. The van der Waals surface area contributed by atoms with Crippen molar-refractivity contribution in [3.8, 4) is 0 Å². The van der Waals surface area contributed by atoms with Crippen molar-refractivity contribution in [3.63, 3.8) is 0 Å². The molecule has 4 aliphatic rings. The van der Waals surface area contributed by atoms with Crippen LogP contribution in [-0.2, 0) is 4.74 Å². The van der Waals surface area contributed by atoms with E-state index in [1.165, 1.54) is 97.1 Å². The minimum Gasteiger partial charge on any atom is -0.379 e. The quantitative estimate of drug-likeness (QED) is 0.584. The lowest BCUT2D eigenvalue weighted by atomic mass is 9.84. The Hall–Kier alpha value is -0.200. The van der Waals surface area contributed by atoms with Gasteiger partial charge in [-0.15, -0.1) is 0 Å². The number of likely N-dealkylation sites (tertiary alicyclic amines) is 3. The first-order chi connectivity index (χ1) is 15.4. The lowest BCUT2D eigenvalue weighted by molar-refractivity contribution is -0.0163. The highest BCUT2D eigenvalue weighted by Crippen LogP contribution is 2.33. The molecule has 4 rings (SSSR count). The Bertz CT molecular complexity index is 502. The molecule has 4 saturated heterocycles. The van der Waals surface area contributed by atoms with Crippen molar-refractivity contribution in [1.82, 2.24) is 19.6 Å². The van der Waals surface area contributed by atoms with Gasteiger partial charge in [0.15, 0.2) is 0 Å². The Balaban J connectivity index is 1.20. The number of hydrogen-bond acceptors (Lipinski definition) is 5. The summed E-state index contributed by atoms with van der Waals surface area (Å²) < 4.78 is 5.56. The molecule has 0 aliphatic carbocycles. The molecule has 0 aromatic rings. The Morgan fingerprint density at radius 1 is 0.562 bits per heavy atom. The van der Waals surface area contributed by atoms with Gasteiger partial charge in [-0.05, 0) is 92.2 Å². The zero-order valence-electron chi connectivity index (χ0n) is 21.8. The predicted molar refractivity (Wildman–Crippen MR) is 134 cm³/mol. The molecule has 0 bridgehead atoms. The third-order valence-corrected chi connectivity index (χ3v) is 9.46. The lowest BCUT2D eigenvalue weighted by Crippen LogP contribution is -2.55. The van der Waals surface area contributed by atoms with Crippen molar-refractivity contribution in [2.45, 2.75) is 109 Å². The Kier molecular flexibility index (Phi) is 8.59. The van der Waals surface area contributed by atoms with Gasteiger partial charge < -0.3 is 9.64 Å². The van der Waals surface area contributed by atoms with E-state index in [-0.39, 0.29) is 0 Å². The van der Waals surface area contributed by atoms with E-state index in [0.717, 1.165) is 38.4 Å². The van der Waals surface area contributed by atoms with Gasteiger partial charge in [-0.3, -0.25) is 14.7 Å². The lowest BCUT2D eigenvalue weighted by Gasteiger charge is -2.49. The fourth-order valence-corrected chi connectivity index (χ4v) is 6.83. The maximum atomic E-state index is 5.56. The summed E-state index contributed by atoms with van der Waals surface area (Å²) in [6.45, 7) is 22.0. The van der Waals surface area contributed by atoms with Crippen molar-refractivity contribution < 1.29 is 4.74 Å². The average Bonchev–Trinajstić information content (AvgIpc) is 2.84. The summed E-state index contributed by atoms with van der Waals surface area (Å²) in [5.74, 6) is 0. The molecule has 0 unspecified atom stereocenters. The summed E-state index contributed by atoms with van der Waals surface area (Å²) in [5.41, 5.74) is 0.621. The second-order valence-electron chi connectivity index (χ2n) is 12.3. The molecule has 32 heavy (non-hydrogen) atoms. The van der Waals surface area contributed by atoms with Gasteiger partial charge in [0.25, 0.3) is 0 Å². The van der Waals surface area contributed by atoms with Crippen molar-refractivity contribution in [2.75, 3.05) is 65.6 Å². The van der Waals surface area contributed by atoms with Crippen LogP contribution in [0.1, 0.15) is 85.5 Å². The number of morpholine rings is 1. The van der Waals surface area contributed by atoms with E-state index in [0.29, 0.717) is 11.1 Å². The second kappa shape index (κ2) is 11.0. The molecule has 5 nitrogen and oxygen atoms in total. The van der Waals surface area contributed by atoms with Crippen LogP contribution >= 0.6 is 0 Å². The van der Waals surface area contributed by atoms with Crippen LogP contribution in [-0.4, -0.2) is 108 Å². The Labute approximate surface area is 198 Å². The molecule has 186 valence electrons. The van der Waals surface area contributed by atoms with Gasteiger partial charge in [-0.1, -0.05) is 6.42 Å². The number of piperidine rings is 3. The molecular weight excluding hydrogens is 396 g/mol. The normalized spacial score (nSPS) is 27.8. The van der Waals surface area contributed by atoms with E-state index in [1.807, 2.05) is 0 Å². The van der Waals surface area contributed by atoms with Gasteiger partial charge >= 0.3 is 0 Å². The second-order valence-corrected chi connectivity index (χ2v) is 12.3.